The van der Waals surface area contributed by atoms with E-state index in [-0.39, 0.29) is 0 Å². The highest BCUT2D eigenvalue weighted by Crippen LogP contribution is 2.41. The summed E-state index contributed by atoms with van der Waals surface area (Å²) in [4.78, 5) is 7.19. The van der Waals surface area contributed by atoms with Crippen LogP contribution in [0.4, 0.5) is 17.1 Å². The van der Waals surface area contributed by atoms with Crippen LogP contribution in [-0.4, -0.2) is 4.98 Å². The molecule has 0 amide bonds. The smallest absolute Gasteiger partial charge is 0.227 e. The van der Waals surface area contributed by atoms with Crippen LogP contribution < -0.4 is 4.90 Å². The maximum Gasteiger partial charge on any atom is 0.227 e. The number of anilines is 3. The van der Waals surface area contributed by atoms with Crippen LogP contribution in [0, 0.1) is 0 Å². The molecular weight excluding hydrogens is 625 g/mol. The summed E-state index contributed by atoms with van der Waals surface area (Å²) in [5.74, 6) is 0.618. The van der Waals surface area contributed by atoms with Crippen molar-refractivity contribution in [3.63, 3.8) is 0 Å². The lowest BCUT2D eigenvalue weighted by atomic mass is 10.0. The van der Waals surface area contributed by atoms with Gasteiger partial charge in [-0.15, -0.1) is 0 Å². The van der Waals surface area contributed by atoms with E-state index in [1.165, 1.54) is 16.5 Å². The van der Waals surface area contributed by atoms with Crippen molar-refractivity contribution < 1.29 is 8.83 Å². The van der Waals surface area contributed by atoms with E-state index in [0.29, 0.717) is 5.89 Å². The average Bonchev–Trinajstić information content (AvgIpc) is 3.81. The summed E-state index contributed by atoms with van der Waals surface area (Å²) in [5, 5.41) is 4.54. The van der Waals surface area contributed by atoms with Crippen molar-refractivity contribution in [2.24, 2.45) is 0 Å². The number of hydrogen-bond donors (Lipinski definition) is 0. The van der Waals surface area contributed by atoms with Gasteiger partial charge in [0.05, 0.1) is 0 Å². The number of rotatable bonds is 6. The van der Waals surface area contributed by atoms with E-state index in [1.807, 2.05) is 30.3 Å². The van der Waals surface area contributed by atoms with Crippen molar-refractivity contribution in [2.45, 2.75) is 0 Å². The summed E-state index contributed by atoms with van der Waals surface area (Å²) in [6.07, 6.45) is 0. The molecule has 0 atom stereocenters. The maximum absolute atomic E-state index is 6.49. The molecule has 0 N–H and O–H groups in total. The third-order valence-electron chi connectivity index (χ3n) is 9.70. The summed E-state index contributed by atoms with van der Waals surface area (Å²) < 4.78 is 12.7. The number of benzene rings is 8. The van der Waals surface area contributed by atoms with Crippen LogP contribution in [0.1, 0.15) is 0 Å². The quantitative estimate of drug-likeness (QED) is 0.179. The molecule has 0 radical (unpaired) electrons. The van der Waals surface area contributed by atoms with E-state index in [4.69, 9.17) is 13.8 Å². The van der Waals surface area contributed by atoms with Gasteiger partial charge >= 0.3 is 0 Å². The fourth-order valence-electron chi connectivity index (χ4n) is 7.15. The molecule has 240 valence electrons. The molecule has 2 aromatic heterocycles. The van der Waals surface area contributed by atoms with Crippen LogP contribution in [0.25, 0.3) is 77.5 Å². The van der Waals surface area contributed by atoms with Gasteiger partial charge in [-0.1, -0.05) is 115 Å². The molecule has 0 unspecified atom stereocenters. The van der Waals surface area contributed by atoms with Gasteiger partial charge in [-0.3, -0.25) is 0 Å². The summed E-state index contributed by atoms with van der Waals surface area (Å²) in [6, 6.07) is 63.4. The van der Waals surface area contributed by atoms with E-state index < -0.39 is 0 Å². The summed E-state index contributed by atoms with van der Waals surface area (Å²) in [7, 11) is 0. The molecule has 0 saturated heterocycles. The number of nitrogens with zero attached hydrogens (tertiary/aromatic N) is 2. The van der Waals surface area contributed by atoms with Gasteiger partial charge in [0.2, 0.25) is 5.89 Å². The lowest BCUT2D eigenvalue weighted by Crippen LogP contribution is -2.09. The van der Waals surface area contributed by atoms with E-state index in [9.17, 15) is 0 Å². The summed E-state index contributed by atoms with van der Waals surface area (Å²) in [6.45, 7) is 0. The van der Waals surface area contributed by atoms with E-state index >= 15 is 0 Å². The minimum Gasteiger partial charge on any atom is -0.456 e. The first-order valence-corrected chi connectivity index (χ1v) is 17.1. The number of hydrogen-bond acceptors (Lipinski definition) is 4. The van der Waals surface area contributed by atoms with Crippen LogP contribution in [0.3, 0.4) is 0 Å². The second kappa shape index (κ2) is 11.9. The van der Waals surface area contributed by atoms with E-state index in [0.717, 1.165) is 72.2 Å². The van der Waals surface area contributed by atoms with Crippen LogP contribution >= 0.6 is 0 Å². The number of aromatic nitrogens is 1. The van der Waals surface area contributed by atoms with Gasteiger partial charge in [0.25, 0.3) is 0 Å². The molecule has 0 bridgehead atoms. The standard InChI is InChI=1S/C47H30N2O2/c1-2-9-31(10-3-1)33-19-23-37(24-20-33)49(39-27-28-45-42(30-39)41-13-6-7-16-44(41)50-45)38-25-21-34(22-26-38)40-14-8-15-43-46(40)51-47(48-43)36-18-17-32-11-4-5-12-35(32)29-36/h1-30H. The second-order valence-corrected chi connectivity index (χ2v) is 12.8. The highest BCUT2D eigenvalue weighted by atomic mass is 16.3. The van der Waals surface area contributed by atoms with Gasteiger partial charge in [0.1, 0.15) is 16.7 Å². The first kappa shape index (κ1) is 29.0. The van der Waals surface area contributed by atoms with Gasteiger partial charge in [-0.2, -0.15) is 0 Å². The van der Waals surface area contributed by atoms with E-state index in [2.05, 4.69) is 157 Å². The van der Waals surface area contributed by atoms with Crippen molar-refractivity contribution >= 4 is 60.9 Å². The maximum atomic E-state index is 6.49. The molecule has 0 saturated carbocycles. The van der Waals surface area contributed by atoms with Crippen molar-refractivity contribution in [3.05, 3.63) is 182 Å². The normalized spacial score (nSPS) is 11.5. The molecule has 0 aliphatic rings. The Labute approximate surface area is 294 Å². The molecule has 2 heterocycles. The third-order valence-corrected chi connectivity index (χ3v) is 9.70. The Balaban J connectivity index is 1.05. The van der Waals surface area contributed by atoms with Gasteiger partial charge in [0, 0.05) is 39.0 Å². The Hall–Kier alpha value is -6.91. The number of fused-ring (bicyclic) bond motifs is 5. The van der Waals surface area contributed by atoms with Crippen LogP contribution in [0.5, 0.6) is 0 Å². The molecule has 4 nitrogen and oxygen atoms in total. The Morgan fingerprint density at radius 3 is 1.86 bits per heavy atom. The minimum absolute atomic E-state index is 0.618. The van der Waals surface area contributed by atoms with Crippen LogP contribution in [0.15, 0.2) is 191 Å². The zero-order valence-electron chi connectivity index (χ0n) is 27.5. The minimum atomic E-state index is 0.618. The number of furan rings is 1. The van der Waals surface area contributed by atoms with Crippen molar-refractivity contribution in [1.29, 1.82) is 0 Å². The molecule has 51 heavy (non-hydrogen) atoms. The molecular formula is C47H30N2O2. The molecule has 0 spiro atoms. The molecule has 10 aromatic rings. The van der Waals surface area contributed by atoms with Gasteiger partial charge in [-0.05, 0) is 94.2 Å². The first-order chi connectivity index (χ1) is 25.2. The Bertz CT molecular complexity index is 2850. The fraction of sp³-hybridized carbons (Fsp3) is 0. The van der Waals surface area contributed by atoms with Gasteiger partial charge < -0.3 is 13.7 Å². The SMILES string of the molecule is c1ccc(-c2ccc(N(c3ccc(-c4cccc5nc(-c6ccc7ccccc7c6)oc45)cc3)c3ccc4oc5ccccc5c4c3)cc2)cc1. The van der Waals surface area contributed by atoms with Crippen LogP contribution in [-0.2, 0) is 0 Å². The summed E-state index contributed by atoms with van der Waals surface area (Å²) >= 11 is 0. The Morgan fingerprint density at radius 2 is 1.04 bits per heavy atom. The lowest BCUT2D eigenvalue weighted by molar-refractivity contribution is 0.621. The lowest BCUT2D eigenvalue weighted by Gasteiger charge is -2.26. The highest BCUT2D eigenvalue weighted by Gasteiger charge is 2.18. The molecule has 10 rings (SSSR count). The van der Waals surface area contributed by atoms with Gasteiger partial charge in [-0.25, -0.2) is 4.98 Å². The number of oxazole rings is 1. The third kappa shape index (κ3) is 5.13. The molecule has 0 aliphatic heterocycles. The topological polar surface area (TPSA) is 42.4 Å². The summed E-state index contributed by atoms with van der Waals surface area (Å²) in [5.41, 5.74) is 11.9. The Kier molecular flexibility index (Phi) is 6.78. The predicted octanol–water partition coefficient (Wildman–Crippen LogP) is 13.4. The molecule has 8 aromatic carbocycles. The van der Waals surface area contributed by atoms with Crippen molar-refractivity contribution in [1.82, 2.24) is 4.98 Å². The van der Waals surface area contributed by atoms with Crippen molar-refractivity contribution in [2.75, 3.05) is 4.90 Å². The van der Waals surface area contributed by atoms with Crippen LogP contribution in [0.2, 0.25) is 0 Å². The molecule has 4 heteroatoms. The highest BCUT2D eigenvalue weighted by molar-refractivity contribution is 6.06. The van der Waals surface area contributed by atoms with Gasteiger partial charge in [0.15, 0.2) is 5.58 Å². The average molecular weight is 655 g/mol. The molecule has 0 aliphatic carbocycles. The largest absolute Gasteiger partial charge is 0.456 e. The zero-order valence-corrected chi connectivity index (χ0v) is 27.5. The van der Waals surface area contributed by atoms with Crippen molar-refractivity contribution in [3.8, 4) is 33.7 Å². The first-order valence-electron chi connectivity index (χ1n) is 17.1. The zero-order chi connectivity index (χ0) is 33.7. The predicted molar refractivity (Wildman–Crippen MR) is 210 cm³/mol. The fourth-order valence-corrected chi connectivity index (χ4v) is 7.15. The monoisotopic (exact) mass is 654 g/mol. The molecule has 0 fully saturated rings. The number of para-hydroxylation sites is 2. The Morgan fingerprint density at radius 1 is 0.392 bits per heavy atom. The second-order valence-electron chi connectivity index (χ2n) is 12.8. The van der Waals surface area contributed by atoms with E-state index in [1.54, 1.807) is 0 Å².